The molecule has 0 saturated carbocycles. The third kappa shape index (κ3) is 5.51. The van der Waals surface area contributed by atoms with E-state index in [-0.39, 0.29) is 30.1 Å². The summed E-state index contributed by atoms with van der Waals surface area (Å²) in [6.45, 7) is 13.5. The van der Waals surface area contributed by atoms with Crippen LogP contribution in [0.15, 0.2) is 27.7 Å². The molecular weight excluding hydrogens is 479 g/mol. The first-order chi connectivity index (χ1) is 13.4. The molecule has 1 aliphatic rings. The van der Waals surface area contributed by atoms with E-state index in [4.69, 9.17) is 9.26 Å². The molecule has 1 aromatic carbocycles. The standard InChI is InChI=1S/C22H32N4O2.HI/c1-14-7-8-19(15(2)11-14)20-13-26(9-10-27-20)22(23-6)24-12-16(3)21-17(4)25-28-18(21)5;/h7-8,11,16,20H,9-10,12-13H2,1-6H3,(H,23,24);1H. The van der Waals surface area contributed by atoms with Crippen LogP contribution < -0.4 is 5.32 Å². The monoisotopic (exact) mass is 512 g/mol. The lowest BCUT2D eigenvalue weighted by Crippen LogP contribution is -2.48. The fourth-order valence-corrected chi connectivity index (χ4v) is 4.09. The summed E-state index contributed by atoms with van der Waals surface area (Å²) in [7, 11) is 1.84. The van der Waals surface area contributed by atoms with Crippen LogP contribution in [0.3, 0.4) is 0 Å². The highest BCUT2D eigenvalue weighted by atomic mass is 127. The predicted molar refractivity (Wildman–Crippen MR) is 127 cm³/mol. The van der Waals surface area contributed by atoms with E-state index in [1.807, 2.05) is 20.9 Å². The zero-order valence-electron chi connectivity index (χ0n) is 18.3. The number of guanidine groups is 1. The molecule has 0 bridgehead atoms. The van der Waals surface area contributed by atoms with Crippen molar-refractivity contribution in [3.8, 4) is 0 Å². The number of morpholine rings is 1. The van der Waals surface area contributed by atoms with Crippen molar-refractivity contribution < 1.29 is 9.26 Å². The average Bonchev–Trinajstić information content (AvgIpc) is 3.00. The lowest BCUT2D eigenvalue weighted by Gasteiger charge is -2.36. The van der Waals surface area contributed by atoms with Crippen molar-refractivity contribution in [3.05, 3.63) is 51.9 Å². The van der Waals surface area contributed by atoms with Crippen LogP contribution in [0.2, 0.25) is 0 Å². The van der Waals surface area contributed by atoms with Gasteiger partial charge < -0.3 is 19.5 Å². The Morgan fingerprint density at radius 1 is 1.31 bits per heavy atom. The maximum atomic E-state index is 6.08. The van der Waals surface area contributed by atoms with Crippen LogP contribution in [0.5, 0.6) is 0 Å². The van der Waals surface area contributed by atoms with Crippen LogP contribution in [0, 0.1) is 27.7 Å². The molecule has 7 heteroatoms. The van der Waals surface area contributed by atoms with Gasteiger partial charge in [-0.1, -0.05) is 35.8 Å². The van der Waals surface area contributed by atoms with Gasteiger partial charge in [-0.25, -0.2) is 0 Å². The molecule has 0 radical (unpaired) electrons. The first kappa shape index (κ1) is 23.7. The number of halogens is 1. The number of aliphatic imine (C=N–C) groups is 1. The van der Waals surface area contributed by atoms with Gasteiger partial charge in [0.15, 0.2) is 5.96 Å². The third-order valence-corrected chi connectivity index (χ3v) is 5.50. The van der Waals surface area contributed by atoms with Crippen LogP contribution in [0.4, 0.5) is 0 Å². The number of nitrogens with zero attached hydrogens (tertiary/aromatic N) is 3. The molecule has 2 unspecified atom stereocenters. The average molecular weight is 512 g/mol. The van der Waals surface area contributed by atoms with Gasteiger partial charge in [0.1, 0.15) is 11.9 Å². The summed E-state index contributed by atoms with van der Waals surface area (Å²) in [6, 6.07) is 6.56. The van der Waals surface area contributed by atoms with Crippen molar-refractivity contribution in [2.75, 3.05) is 33.3 Å². The summed E-state index contributed by atoms with van der Waals surface area (Å²) in [5.74, 6) is 2.10. The van der Waals surface area contributed by atoms with Gasteiger partial charge in [0.05, 0.1) is 18.8 Å². The Kier molecular flexibility index (Phi) is 8.51. The van der Waals surface area contributed by atoms with E-state index in [9.17, 15) is 0 Å². The second kappa shape index (κ2) is 10.4. The van der Waals surface area contributed by atoms with E-state index in [2.05, 4.69) is 59.3 Å². The molecule has 0 aliphatic carbocycles. The van der Waals surface area contributed by atoms with Crippen LogP contribution >= 0.6 is 24.0 Å². The number of aryl methyl sites for hydroxylation is 4. The highest BCUT2D eigenvalue weighted by Crippen LogP contribution is 2.26. The van der Waals surface area contributed by atoms with Gasteiger partial charge in [-0.05, 0) is 38.8 Å². The van der Waals surface area contributed by atoms with E-state index in [1.165, 1.54) is 22.3 Å². The number of benzene rings is 1. The Morgan fingerprint density at radius 2 is 2.07 bits per heavy atom. The van der Waals surface area contributed by atoms with Crippen molar-refractivity contribution in [1.82, 2.24) is 15.4 Å². The van der Waals surface area contributed by atoms with E-state index in [0.29, 0.717) is 12.5 Å². The van der Waals surface area contributed by atoms with Crippen LogP contribution in [0.25, 0.3) is 0 Å². The maximum absolute atomic E-state index is 6.08. The molecule has 2 heterocycles. The van der Waals surface area contributed by atoms with E-state index in [0.717, 1.165) is 37.0 Å². The molecule has 2 atom stereocenters. The molecule has 1 fully saturated rings. The highest BCUT2D eigenvalue weighted by molar-refractivity contribution is 14.0. The zero-order chi connectivity index (χ0) is 20.3. The molecule has 0 amide bonds. The van der Waals surface area contributed by atoms with Gasteiger partial charge in [0.25, 0.3) is 0 Å². The first-order valence-corrected chi connectivity index (χ1v) is 9.97. The predicted octanol–water partition coefficient (Wildman–Crippen LogP) is 4.28. The van der Waals surface area contributed by atoms with Crippen molar-refractivity contribution in [1.29, 1.82) is 0 Å². The topological polar surface area (TPSA) is 62.9 Å². The van der Waals surface area contributed by atoms with Crippen LogP contribution in [-0.4, -0.2) is 49.3 Å². The van der Waals surface area contributed by atoms with E-state index >= 15 is 0 Å². The number of rotatable bonds is 4. The molecule has 160 valence electrons. The summed E-state index contributed by atoms with van der Waals surface area (Å²) >= 11 is 0. The molecule has 29 heavy (non-hydrogen) atoms. The summed E-state index contributed by atoms with van der Waals surface area (Å²) in [5.41, 5.74) is 5.96. The normalized spacial score (nSPS) is 18.3. The minimum atomic E-state index is 0. The van der Waals surface area contributed by atoms with Gasteiger partial charge in [0, 0.05) is 31.6 Å². The van der Waals surface area contributed by atoms with E-state index in [1.54, 1.807) is 0 Å². The van der Waals surface area contributed by atoms with Crippen molar-refractivity contribution >= 4 is 29.9 Å². The minimum Gasteiger partial charge on any atom is -0.370 e. The zero-order valence-corrected chi connectivity index (χ0v) is 20.6. The SMILES string of the molecule is CN=C(NCC(C)c1c(C)noc1C)N1CCOC(c2ccc(C)cc2C)C1.I. The first-order valence-electron chi connectivity index (χ1n) is 9.97. The largest absolute Gasteiger partial charge is 0.370 e. The fourth-order valence-electron chi connectivity index (χ4n) is 4.09. The van der Waals surface area contributed by atoms with Gasteiger partial charge in [0.2, 0.25) is 0 Å². The molecule has 1 aromatic heterocycles. The van der Waals surface area contributed by atoms with Crippen molar-refractivity contribution in [3.63, 3.8) is 0 Å². The molecule has 1 N–H and O–H groups in total. The third-order valence-electron chi connectivity index (χ3n) is 5.50. The number of aromatic nitrogens is 1. The van der Waals surface area contributed by atoms with Crippen molar-refractivity contribution in [2.45, 2.75) is 46.6 Å². The van der Waals surface area contributed by atoms with Crippen LogP contribution in [0.1, 0.15) is 52.7 Å². The molecular formula is C22H33IN4O2. The minimum absolute atomic E-state index is 0. The lowest BCUT2D eigenvalue weighted by molar-refractivity contribution is -0.00832. The quantitative estimate of drug-likeness (QED) is 0.377. The fraction of sp³-hybridized carbons (Fsp3) is 0.545. The number of ether oxygens (including phenoxy) is 1. The molecule has 3 rings (SSSR count). The molecule has 1 saturated heterocycles. The maximum Gasteiger partial charge on any atom is 0.193 e. The summed E-state index contributed by atoms with van der Waals surface area (Å²) < 4.78 is 11.4. The number of hydrogen-bond donors (Lipinski definition) is 1. The number of hydrogen-bond acceptors (Lipinski definition) is 4. The Hall–Kier alpha value is -1.61. The Bertz CT molecular complexity index is 830. The second-order valence-electron chi connectivity index (χ2n) is 7.73. The van der Waals surface area contributed by atoms with Gasteiger partial charge in [-0.15, -0.1) is 24.0 Å². The molecule has 0 spiro atoms. The second-order valence-corrected chi connectivity index (χ2v) is 7.73. The molecule has 6 nitrogen and oxygen atoms in total. The Morgan fingerprint density at radius 3 is 2.69 bits per heavy atom. The van der Waals surface area contributed by atoms with Gasteiger partial charge in [-0.2, -0.15) is 0 Å². The van der Waals surface area contributed by atoms with E-state index < -0.39 is 0 Å². The lowest BCUT2D eigenvalue weighted by atomic mass is 9.99. The summed E-state index contributed by atoms with van der Waals surface area (Å²) in [5, 5.41) is 7.60. The summed E-state index contributed by atoms with van der Waals surface area (Å²) in [4.78, 5) is 6.80. The number of nitrogens with one attached hydrogen (secondary N) is 1. The van der Waals surface area contributed by atoms with Gasteiger partial charge in [-0.3, -0.25) is 4.99 Å². The van der Waals surface area contributed by atoms with Crippen molar-refractivity contribution in [2.24, 2.45) is 4.99 Å². The van der Waals surface area contributed by atoms with Crippen LogP contribution in [-0.2, 0) is 4.74 Å². The molecule has 2 aromatic rings. The molecule has 1 aliphatic heterocycles. The highest BCUT2D eigenvalue weighted by Gasteiger charge is 2.26. The smallest absolute Gasteiger partial charge is 0.193 e. The van der Waals surface area contributed by atoms with Gasteiger partial charge >= 0.3 is 0 Å². The summed E-state index contributed by atoms with van der Waals surface area (Å²) in [6.07, 6.45) is 0.0629. The Labute approximate surface area is 191 Å². The Balaban J connectivity index is 0.00000300.